The van der Waals surface area contributed by atoms with Gasteiger partial charge in [-0.1, -0.05) is 13.0 Å². The molecule has 0 saturated carbocycles. The van der Waals surface area contributed by atoms with Gasteiger partial charge in [-0.3, -0.25) is 4.79 Å². The summed E-state index contributed by atoms with van der Waals surface area (Å²) in [5.41, 5.74) is 8.25. The smallest absolute Gasteiger partial charge is 0.252 e. The average molecular weight is 250 g/mol. The fourth-order valence-corrected chi connectivity index (χ4v) is 1.69. The van der Waals surface area contributed by atoms with Gasteiger partial charge in [0.25, 0.3) is 5.91 Å². The predicted octanol–water partition coefficient (Wildman–Crippen LogP) is 1.78. The highest BCUT2D eigenvalue weighted by Crippen LogP contribution is 2.19. The number of hydrogen-bond donors (Lipinski definition) is 3. The molecule has 18 heavy (non-hydrogen) atoms. The van der Waals surface area contributed by atoms with Crippen LogP contribution in [0.5, 0.6) is 0 Å². The van der Waals surface area contributed by atoms with E-state index in [4.69, 9.17) is 5.73 Å². The van der Waals surface area contributed by atoms with E-state index in [9.17, 15) is 9.90 Å². The maximum atomic E-state index is 12.2. The molecule has 1 amide bonds. The molecule has 0 heterocycles. The van der Waals surface area contributed by atoms with Crippen molar-refractivity contribution in [3.05, 3.63) is 28.8 Å². The molecule has 0 saturated heterocycles. The third kappa shape index (κ3) is 3.01. The highest BCUT2D eigenvalue weighted by atomic mass is 16.3. The van der Waals surface area contributed by atoms with Crippen LogP contribution in [-0.4, -0.2) is 23.2 Å². The molecular formula is C14H22N2O2. The SMILES string of the molecule is CCC(C)(CO)NC(=O)c1cc(N)c(C)cc1C. The lowest BCUT2D eigenvalue weighted by Gasteiger charge is -2.27. The summed E-state index contributed by atoms with van der Waals surface area (Å²) in [4.78, 5) is 12.2. The fraction of sp³-hybridized carbons (Fsp3) is 0.500. The molecule has 1 aromatic rings. The summed E-state index contributed by atoms with van der Waals surface area (Å²) in [6, 6.07) is 3.58. The number of benzene rings is 1. The Kier molecular flexibility index (Phi) is 4.35. The zero-order valence-corrected chi connectivity index (χ0v) is 11.5. The molecule has 0 spiro atoms. The Morgan fingerprint density at radius 1 is 1.39 bits per heavy atom. The number of rotatable bonds is 4. The van der Waals surface area contributed by atoms with Crippen LogP contribution in [0.4, 0.5) is 5.69 Å². The third-order valence-electron chi connectivity index (χ3n) is 3.40. The second-order valence-electron chi connectivity index (χ2n) is 5.05. The van der Waals surface area contributed by atoms with Crippen LogP contribution >= 0.6 is 0 Å². The van der Waals surface area contributed by atoms with Gasteiger partial charge in [-0.15, -0.1) is 0 Å². The first-order chi connectivity index (χ1) is 8.33. The predicted molar refractivity (Wildman–Crippen MR) is 73.6 cm³/mol. The molecule has 1 aromatic carbocycles. The number of nitrogens with one attached hydrogen (secondary N) is 1. The maximum absolute atomic E-state index is 12.2. The monoisotopic (exact) mass is 250 g/mol. The molecule has 0 aliphatic rings. The Bertz CT molecular complexity index is 451. The van der Waals surface area contributed by atoms with E-state index in [2.05, 4.69) is 5.32 Å². The van der Waals surface area contributed by atoms with Crippen LogP contribution in [-0.2, 0) is 0 Å². The zero-order chi connectivity index (χ0) is 13.9. The Balaban J connectivity index is 3.01. The molecular weight excluding hydrogens is 228 g/mol. The molecule has 4 heteroatoms. The van der Waals surface area contributed by atoms with Gasteiger partial charge >= 0.3 is 0 Å². The number of nitrogens with two attached hydrogens (primary N) is 1. The van der Waals surface area contributed by atoms with Gasteiger partial charge in [0.1, 0.15) is 0 Å². The Hall–Kier alpha value is -1.55. The van der Waals surface area contributed by atoms with Crippen LogP contribution in [0.1, 0.15) is 41.8 Å². The number of aryl methyl sites for hydroxylation is 2. The maximum Gasteiger partial charge on any atom is 0.252 e. The number of carbonyl (C=O) groups excluding carboxylic acids is 1. The van der Waals surface area contributed by atoms with Crippen LogP contribution in [0.15, 0.2) is 12.1 Å². The minimum Gasteiger partial charge on any atom is -0.398 e. The van der Waals surface area contributed by atoms with E-state index in [1.807, 2.05) is 33.8 Å². The fourth-order valence-electron chi connectivity index (χ4n) is 1.69. The van der Waals surface area contributed by atoms with Crippen LogP contribution in [0.2, 0.25) is 0 Å². The number of aliphatic hydroxyl groups is 1. The van der Waals surface area contributed by atoms with E-state index in [1.165, 1.54) is 0 Å². The lowest BCUT2D eigenvalue weighted by Crippen LogP contribution is -2.48. The molecule has 100 valence electrons. The number of nitrogen functional groups attached to an aromatic ring is 1. The Labute approximate surface area is 108 Å². The minimum absolute atomic E-state index is 0.0877. The van der Waals surface area contributed by atoms with Gasteiger partial charge in [-0.05, 0) is 44.4 Å². The first kappa shape index (κ1) is 14.5. The molecule has 1 rings (SSSR count). The van der Waals surface area contributed by atoms with Crippen LogP contribution < -0.4 is 11.1 Å². The van der Waals surface area contributed by atoms with E-state index < -0.39 is 5.54 Å². The van der Waals surface area contributed by atoms with Gasteiger partial charge in [0, 0.05) is 11.3 Å². The molecule has 0 fully saturated rings. The molecule has 4 N–H and O–H groups in total. The summed E-state index contributed by atoms with van der Waals surface area (Å²) in [6.07, 6.45) is 0.662. The van der Waals surface area contributed by atoms with Crippen molar-refractivity contribution in [3.8, 4) is 0 Å². The number of hydrogen-bond acceptors (Lipinski definition) is 3. The molecule has 0 aromatic heterocycles. The van der Waals surface area contributed by atoms with E-state index in [0.717, 1.165) is 11.1 Å². The van der Waals surface area contributed by atoms with Gasteiger partial charge in [-0.25, -0.2) is 0 Å². The number of anilines is 1. The molecule has 4 nitrogen and oxygen atoms in total. The summed E-state index contributed by atoms with van der Waals surface area (Å²) in [7, 11) is 0. The lowest BCUT2D eigenvalue weighted by molar-refractivity contribution is 0.0847. The first-order valence-electron chi connectivity index (χ1n) is 6.13. The van der Waals surface area contributed by atoms with Gasteiger partial charge in [0.15, 0.2) is 0 Å². The van der Waals surface area contributed by atoms with Crippen molar-refractivity contribution in [3.63, 3.8) is 0 Å². The summed E-state index contributed by atoms with van der Waals surface area (Å²) in [5.74, 6) is -0.197. The Morgan fingerprint density at radius 3 is 2.50 bits per heavy atom. The third-order valence-corrected chi connectivity index (χ3v) is 3.40. The average Bonchev–Trinajstić information content (AvgIpc) is 2.33. The summed E-state index contributed by atoms with van der Waals surface area (Å²) in [5, 5.41) is 12.2. The molecule has 0 aliphatic carbocycles. The van der Waals surface area contributed by atoms with Crippen molar-refractivity contribution in [1.82, 2.24) is 5.32 Å². The summed E-state index contributed by atoms with van der Waals surface area (Å²) in [6.45, 7) is 7.44. The second-order valence-corrected chi connectivity index (χ2v) is 5.05. The van der Waals surface area contributed by atoms with Gasteiger partial charge in [0.05, 0.1) is 12.1 Å². The van der Waals surface area contributed by atoms with E-state index >= 15 is 0 Å². The largest absolute Gasteiger partial charge is 0.398 e. The summed E-state index contributed by atoms with van der Waals surface area (Å²) < 4.78 is 0. The molecule has 0 radical (unpaired) electrons. The first-order valence-corrected chi connectivity index (χ1v) is 6.13. The van der Waals surface area contributed by atoms with E-state index in [0.29, 0.717) is 17.7 Å². The lowest BCUT2D eigenvalue weighted by atomic mass is 9.98. The quantitative estimate of drug-likeness (QED) is 0.713. The van der Waals surface area contributed by atoms with Gasteiger partial charge in [0.2, 0.25) is 0 Å². The van der Waals surface area contributed by atoms with Crippen LogP contribution in [0.3, 0.4) is 0 Å². The second kappa shape index (κ2) is 5.40. The van der Waals surface area contributed by atoms with Crippen molar-refractivity contribution < 1.29 is 9.90 Å². The number of carbonyl (C=O) groups is 1. The standard InChI is InChI=1S/C14H22N2O2/c1-5-14(4,8-17)16-13(18)11-7-12(15)10(3)6-9(11)2/h6-7,17H,5,8,15H2,1-4H3,(H,16,18). The van der Waals surface area contributed by atoms with E-state index in [-0.39, 0.29) is 12.5 Å². The minimum atomic E-state index is -0.594. The van der Waals surface area contributed by atoms with Crippen molar-refractivity contribution in [2.45, 2.75) is 39.7 Å². The highest BCUT2D eigenvalue weighted by Gasteiger charge is 2.24. The summed E-state index contributed by atoms with van der Waals surface area (Å²) >= 11 is 0. The van der Waals surface area contributed by atoms with Crippen molar-refractivity contribution in [2.24, 2.45) is 0 Å². The number of aliphatic hydroxyl groups excluding tert-OH is 1. The van der Waals surface area contributed by atoms with Gasteiger partial charge < -0.3 is 16.2 Å². The molecule has 1 atom stereocenters. The molecule has 0 aliphatic heterocycles. The van der Waals surface area contributed by atoms with Crippen LogP contribution in [0, 0.1) is 13.8 Å². The molecule has 0 bridgehead atoms. The topological polar surface area (TPSA) is 75.3 Å². The van der Waals surface area contributed by atoms with Crippen molar-refractivity contribution >= 4 is 11.6 Å². The Morgan fingerprint density at radius 2 is 2.00 bits per heavy atom. The zero-order valence-electron chi connectivity index (χ0n) is 11.5. The molecule has 1 unspecified atom stereocenters. The van der Waals surface area contributed by atoms with Gasteiger partial charge in [-0.2, -0.15) is 0 Å². The van der Waals surface area contributed by atoms with Crippen molar-refractivity contribution in [2.75, 3.05) is 12.3 Å². The normalized spacial score (nSPS) is 14.1. The van der Waals surface area contributed by atoms with Crippen LogP contribution in [0.25, 0.3) is 0 Å². The highest BCUT2D eigenvalue weighted by molar-refractivity contribution is 5.97. The number of amides is 1. The van der Waals surface area contributed by atoms with Crippen molar-refractivity contribution in [1.29, 1.82) is 0 Å². The van der Waals surface area contributed by atoms with E-state index in [1.54, 1.807) is 6.07 Å².